The minimum atomic E-state index is -3.49. The molecule has 0 bridgehead atoms. The van der Waals surface area contributed by atoms with Crippen LogP contribution in [0.5, 0.6) is 0 Å². The van der Waals surface area contributed by atoms with Crippen LogP contribution in [0.15, 0.2) is 4.90 Å². The normalized spacial score (nSPS) is 20.5. The maximum absolute atomic E-state index is 13.0. The van der Waals surface area contributed by atoms with E-state index in [1.807, 2.05) is 0 Å². The maximum Gasteiger partial charge on any atom is 0.246 e. The minimum absolute atomic E-state index is 0.317. The van der Waals surface area contributed by atoms with Crippen LogP contribution in [0.25, 0.3) is 0 Å². The zero-order chi connectivity index (χ0) is 19.0. The number of sulfonamides is 1. The zero-order valence-electron chi connectivity index (χ0n) is 15.9. The van der Waals surface area contributed by atoms with E-state index in [1.54, 1.807) is 29.5 Å². The average molecular weight is 410 g/mol. The highest BCUT2D eigenvalue weighted by Gasteiger charge is 2.34. The molecule has 1 saturated carbocycles. The Balaban J connectivity index is 1.40. The first-order valence-electron chi connectivity index (χ1n) is 9.79. The predicted octanol–water partition coefficient (Wildman–Crippen LogP) is 3.18. The van der Waals surface area contributed by atoms with E-state index in [0.29, 0.717) is 35.3 Å². The molecular weight excluding hydrogens is 382 g/mol. The number of nitrogens with zero attached hydrogens (tertiary/aromatic N) is 4. The lowest BCUT2D eigenvalue weighted by Crippen LogP contribution is -2.38. The van der Waals surface area contributed by atoms with Gasteiger partial charge in [-0.2, -0.15) is 9.40 Å². The quantitative estimate of drug-likeness (QED) is 0.819. The SMILES string of the molecule is Cc1n[nH]c(C)c1S(=O)(=O)N1CCC(c2nnc(CC3CCCC3)s2)CC1. The Morgan fingerprint density at radius 1 is 1.11 bits per heavy atom. The van der Waals surface area contributed by atoms with Crippen molar-refractivity contribution >= 4 is 21.4 Å². The third-order valence-corrected chi connectivity index (χ3v) is 9.15. The summed E-state index contributed by atoms with van der Waals surface area (Å²) in [5.41, 5.74) is 1.14. The van der Waals surface area contributed by atoms with Gasteiger partial charge in [0, 0.05) is 25.4 Å². The number of aryl methyl sites for hydroxylation is 2. The number of hydrogen-bond donors (Lipinski definition) is 1. The topological polar surface area (TPSA) is 91.8 Å². The summed E-state index contributed by atoms with van der Waals surface area (Å²) in [5.74, 6) is 1.09. The van der Waals surface area contributed by atoms with Gasteiger partial charge in [0.25, 0.3) is 0 Å². The Bertz CT molecular complexity index is 871. The van der Waals surface area contributed by atoms with Gasteiger partial charge in [0.2, 0.25) is 10.0 Å². The number of nitrogens with one attached hydrogen (secondary N) is 1. The van der Waals surface area contributed by atoms with Gasteiger partial charge in [-0.15, -0.1) is 21.5 Å². The van der Waals surface area contributed by atoms with E-state index in [2.05, 4.69) is 20.4 Å². The van der Waals surface area contributed by atoms with Gasteiger partial charge in [-0.25, -0.2) is 8.42 Å². The molecule has 0 atom stereocenters. The van der Waals surface area contributed by atoms with E-state index >= 15 is 0 Å². The molecule has 3 heterocycles. The second kappa shape index (κ2) is 7.60. The van der Waals surface area contributed by atoms with Crippen LogP contribution in [0.2, 0.25) is 0 Å². The molecule has 0 radical (unpaired) electrons. The largest absolute Gasteiger partial charge is 0.281 e. The van der Waals surface area contributed by atoms with Crippen LogP contribution < -0.4 is 0 Å². The Hall–Kier alpha value is -1.32. The second-order valence-corrected chi connectivity index (χ2v) is 10.8. The van der Waals surface area contributed by atoms with E-state index in [4.69, 9.17) is 0 Å². The Labute approximate surface area is 164 Å². The van der Waals surface area contributed by atoms with Gasteiger partial charge in [-0.3, -0.25) is 5.10 Å². The Morgan fingerprint density at radius 2 is 1.81 bits per heavy atom. The molecule has 4 rings (SSSR count). The van der Waals surface area contributed by atoms with Crippen molar-refractivity contribution in [3.63, 3.8) is 0 Å². The van der Waals surface area contributed by atoms with E-state index in [1.165, 1.54) is 25.7 Å². The molecule has 0 unspecified atom stereocenters. The van der Waals surface area contributed by atoms with Gasteiger partial charge in [-0.05, 0) is 32.6 Å². The molecular formula is C18H27N5O2S2. The molecule has 2 aromatic rings. The van der Waals surface area contributed by atoms with Crippen molar-refractivity contribution < 1.29 is 8.42 Å². The van der Waals surface area contributed by atoms with E-state index in [0.717, 1.165) is 35.2 Å². The predicted molar refractivity (Wildman–Crippen MR) is 104 cm³/mol. The molecule has 2 fully saturated rings. The van der Waals surface area contributed by atoms with Crippen LogP contribution in [0.3, 0.4) is 0 Å². The smallest absolute Gasteiger partial charge is 0.246 e. The molecule has 148 valence electrons. The first-order valence-corrected chi connectivity index (χ1v) is 12.0. The van der Waals surface area contributed by atoms with Crippen molar-refractivity contribution in [1.29, 1.82) is 0 Å². The van der Waals surface area contributed by atoms with Gasteiger partial charge >= 0.3 is 0 Å². The van der Waals surface area contributed by atoms with Crippen molar-refractivity contribution in [2.45, 2.75) is 69.6 Å². The summed E-state index contributed by atoms with van der Waals surface area (Å²) in [6.45, 7) is 4.53. The van der Waals surface area contributed by atoms with Gasteiger partial charge in [0.15, 0.2) is 0 Å². The molecule has 2 aliphatic rings. The molecule has 7 nitrogen and oxygen atoms in total. The molecule has 1 aliphatic heterocycles. The molecule has 1 N–H and O–H groups in total. The Morgan fingerprint density at radius 3 is 2.44 bits per heavy atom. The minimum Gasteiger partial charge on any atom is -0.281 e. The summed E-state index contributed by atoms with van der Waals surface area (Å²) in [7, 11) is -3.49. The summed E-state index contributed by atoms with van der Waals surface area (Å²) in [6, 6.07) is 0. The third-order valence-electron chi connectivity index (χ3n) is 5.88. The second-order valence-electron chi connectivity index (χ2n) is 7.83. The molecule has 0 amide bonds. The van der Waals surface area contributed by atoms with Crippen molar-refractivity contribution in [3.8, 4) is 0 Å². The molecule has 9 heteroatoms. The van der Waals surface area contributed by atoms with Gasteiger partial charge in [0.1, 0.15) is 14.9 Å². The summed E-state index contributed by atoms with van der Waals surface area (Å²) in [6.07, 6.45) is 7.98. The van der Waals surface area contributed by atoms with Gasteiger partial charge in [-0.1, -0.05) is 25.7 Å². The standard InChI is InChI=1S/C18H27N5O2S2/c1-12-17(13(2)20-19-12)27(24,25)23-9-7-15(8-10-23)18-22-21-16(26-18)11-14-5-3-4-6-14/h14-15H,3-11H2,1-2H3,(H,19,20). The number of rotatable bonds is 5. The lowest BCUT2D eigenvalue weighted by molar-refractivity contribution is 0.318. The highest BCUT2D eigenvalue weighted by molar-refractivity contribution is 7.89. The highest BCUT2D eigenvalue weighted by atomic mass is 32.2. The number of aromatic amines is 1. The van der Waals surface area contributed by atoms with Gasteiger partial charge in [0.05, 0.1) is 11.4 Å². The van der Waals surface area contributed by atoms with Crippen molar-refractivity contribution in [2.75, 3.05) is 13.1 Å². The van der Waals surface area contributed by atoms with Crippen LogP contribution >= 0.6 is 11.3 Å². The number of aromatic nitrogens is 4. The monoisotopic (exact) mass is 409 g/mol. The molecule has 1 aliphatic carbocycles. The fraction of sp³-hybridized carbons (Fsp3) is 0.722. The zero-order valence-corrected chi connectivity index (χ0v) is 17.6. The number of hydrogen-bond acceptors (Lipinski definition) is 6. The van der Waals surface area contributed by atoms with Crippen molar-refractivity contribution in [3.05, 3.63) is 21.4 Å². The van der Waals surface area contributed by atoms with Crippen molar-refractivity contribution in [2.24, 2.45) is 5.92 Å². The van der Waals surface area contributed by atoms with Crippen LogP contribution in [-0.4, -0.2) is 46.2 Å². The third kappa shape index (κ3) is 3.82. The van der Waals surface area contributed by atoms with Crippen LogP contribution in [-0.2, 0) is 16.4 Å². The van der Waals surface area contributed by atoms with E-state index < -0.39 is 10.0 Å². The molecule has 1 saturated heterocycles. The summed E-state index contributed by atoms with van der Waals surface area (Å²) in [4.78, 5) is 0.329. The fourth-order valence-electron chi connectivity index (χ4n) is 4.37. The highest BCUT2D eigenvalue weighted by Crippen LogP contribution is 2.35. The van der Waals surface area contributed by atoms with Gasteiger partial charge < -0.3 is 0 Å². The number of H-pyrrole nitrogens is 1. The molecule has 0 aromatic carbocycles. The van der Waals surface area contributed by atoms with Crippen LogP contribution in [0.1, 0.15) is 65.8 Å². The Kier molecular flexibility index (Phi) is 5.35. The van der Waals surface area contributed by atoms with Crippen molar-refractivity contribution in [1.82, 2.24) is 24.7 Å². The summed E-state index contributed by atoms with van der Waals surface area (Å²) < 4.78 is 27.5. The van der Waals surface area contributed by atoms with E-state index in [-0.39, 0.29) is 0 Å². The van der Waals surface area contributed by atoms with E-state index in [9.17, 15) is 8.42 Å². The summed E-state index contributed by atoms with van der Waals surface area (Å²) >= 11 is 1.73. The lowest BCUT2D eigenvalue weighted by Gasteiger charge is -2.30. The first-order chi connectivity index (χ1) is 12.9. The first kappa shape index (κ1) is 19.0. The fourth-order valence-corrected chi connectivity index (χ4v) is 7.30. The maximum atomic E-state index is 13.0. The van der Waals surface area contributed by atoms with Crippen LogP contribution in [0.4, 0.5) is 0 Å². The number of piperidine rings is 1. The average Bonchev–Trinajstić information content (AvgIpc) is 3.38. The van der Waals surface area contributed by atoms with Crippen LogP contribution in [0, 0.1) is 19.8 Å². The summed E-state index contributed by atoms with van der Waals surface area (Å²) in [5, 5.41) is 17.9. The molecule has 0 spiro atoms. The lowest BCUT2D eigenvalue weighted by atomic mass is 9.99. The molecule has 2 aromatic heterocycles. The molecule has 27 heavy (non-hydrogen) atoms.